The maximum Gasteiger partial charge on any atom is 0.344 e. The van der Waals surface area contributed by atoms with E-state index in [1.165, 1.54) is 30.3 Å². The molecule has 2 aromatic carbocycles. The maximum absolute atomic E-state index is 13.3. The smallest absolute Gasteiger partial charge is 0.344 e. The second-order valence-corrected chi connectivity index (χ2v) is 5.05. The van der Waals surface area contributed by atoms with Crippen molar-refractivity contribution >= 4 is 22.4 Å². The molecule has 3 aromatic rings. The van der Waals surface area contributed by atoms with Gasteiger partial charge in [-0.3, -0.25) is 4.79 Å². The fraction of sp³-hybridized carbons (Fsp3) is 0.0588. The summed E-state index contributed by atoms with van der Waals surface area (Å²) in [6.07, 6.45) is 0. The average molecular weight is 315 g/mol. The first-order valence-electron chi connectivity index (χ1n) is 6.75. The molecule has 0 aliphatic heterocycles. The Labute approximate surface area is 129 Å². The number of carbonyl (C=O) groups is 1. The van der Waals surface area contributed by atoms with Crippen LogP contribution in [0.25, 0.3) is 10.8 Å². The molecule has 0 atom stereocenters. The number of carbonyl (C=O) groups excluding carboxylic acids is 1. The van der Waals surface area contributed by atoms with Crippen LogP contribution in [0, 0.1) is 18.6 Å². The largest absolute Gasteiger partial charge is 0.417 e. The van der Waals surface area contributed by atoms with E-state index < -0.39 is 23.2 Å². The summed E-state index contributed by atoms with van der Waals surface area (Å²) in [6.45, 7) is 1.56. The number of fused-ring (bicyclic) bond motifs is 1. The van der Waals surface area contributed by atoms with Gasteiger partial charge in [-0.2, -0.15) is 0 Å². The van der Waals surface area contributed by atoms with E-state index in [1.807, 2.05) is 0 Å². The Morgan fingerprint density at radius 3 is 2.61 bits per heavy atom. The third kappa shape index (κ3) is 2.96. The van der Waals surface area contributed by atoms with E-state index in [0.29, 0.717) is 11.3 Å². The predicted octanol–water partition coefficient (Wildman–Crippen LogP) is 3.63. The number of hydrogen-bond acceptors (Lipinski definition) is 3. The predicted molar refractivity (Wildman–Crippen MR) is 81.5 cm³/mol. The second kappa shape index (κ2) is 5.64. The van der Waals surface area contributed by atoms with Crippen molar-refractivity contribution in [2.24, 2.45) is 0 Å². The van der Waals surface area contributed by atoms with Crippen molar-refractivity contribution in [1.29, 1.82) is 0 Å². The molecule has 1 heterocycles. The lowest BCUT2D eigenvalue weighted by Crippen LogP contribution is -2.15. The normalized spacial score (nSPS) is 10.7. The third-order valence-corrected chi connectivity index (χ3v) is 3.36. The monoisotopic (exact) mass is 315 g/mol. The van der Waals surface area contributed by atoms with Gasteiger partial charge in [-0.15, -0.1) is 0 Å². The van der Waals surface area contributed by atoms with Gasteiger partial charge in [-0.05, 0) is 60.3 Å². The standard InChI is InChI=1S/C17H11F2NO3/c1-9-6-12(3-5-14(9)19)20-16(21)15-8-10-7-11(18)2-4-13(10)17(22)23-15/h2-8H,1H3,(H,20,21). The van der Waals surface area contributed by atoms with Gasteiger partial charge in [-0.1, -0.05) is 0 Å². The van der Waals surface area contributed by atoms with E-state index in [1.54, 1.807) is 6.92 Å². The number of rotatable bonds is 2. The summed E-state index contributed by atoms with van der Waals surface area (Å²) in [4.78, 5) is 24.0. The number of amides is 1. The number of benzene rings is 2. The summed E-state index contributed by atoms with van der Waals surface area (Å²) in [6, 6.07) is 8.92. The highest BCUT2D eigenvalue weighted by atomic mass is 19.1. The van der Waals surface area contributed by atoms with Gasteiger partial charge in [0.25, 0.3) is 5.91 Å². The summed E-state index contributed by atoms with van der Waals surface area (Å²) in [7, 11) is 0. The average Bonchev–Trinajstić information content (AvgIpc) is 2.50. The Kier molecular flexibility index (Phi) is 3.65. The number of nitrogens with one attached hydrogen (secondary N) is 1. The number of anilines is 1. The summed E-state index contributed by atoms with van der Waals surface area (Å²) >= 11 is 0. The summed E-state index contributed by atoms with van der Waals surface area (Å²) < 4.78 is 31.4. The minimum absolute atomic E-state index is 0.181. The van der Waals surface area contributed by atoms with Crippen LogP contribution in [-0.2, 0) is 0 Å². The Morgan fingerprint density at radius 2 is 1.87 bits per heavy atom. The molecule has 116 valence electrons. The van der Waals surface area contributed by atoms with Crippen LogP contribution in [0.5, 0.6) is 0 Å². The van der Waals surface area contributed by atoms with Crippen molar-refractivity contribution in [3.63, 3.8) is 0 Å². The van der Waals surface area contributed by atoms with E-state index in [-0.39, 0.29) is 16.5 Å². The van der Waals surface area contributed by atoms with Gasteiger partial charge < -0.3 is 9.73 Å². The van der Waals surface area contributed by atoms with Crippen LogP contribution in [0.4, 0.5) is 14.5 Å². The zero-order chi connectivity index (χ0) is 16.6. The van der Waals surface area contributed by atoms with E-state index in [9.17, 15) is 18.4 Å². The van der Waals surface area contributed by atoms with Crippen LogP contribution in [0.3, 0.4) is 0 Å². The highest BCUT2D eigenvalue weighted by Gasteiger charge is 2.13. The fourth-order valence-electron chi connectivity index (χ4n) is 2.19. The highest BCUT2D eigenvalue weighted by molar-refractivity contribution is 6.03. The topological polar surface area (TPSA) is 59.3 Å². The van der Waals surface area contributed by atoms with Crippen molar-refractivity contribution in [1.82, 2.24) is 0 Å². The lowest BCUT2D eigenvalue weighted by atomic mass is 10.1. The van der Waals surface area contributed by atoms with Crippen molar-refractivity contribution in [2.45, 2.75) is 6.92 Å². The molecule has 0 aliphatic carbocycles. The van der Waals surface area contributed by atoms with Crippen LogP contribution in [-0.4, -0.2) is 5.91 Å². The Balaban J connectivity index is 1.97. The molecule has 1 N–H and O–H groups in total. The molecule has 6 heteroatoms. The summed E-state index contributed by atoms with van der Waals surface area (Å²) in [5, 5.41) is 2.95. The molecule has 1 amide bonds. The van der Waals surface area contributed by atoms with Crippen LogP contribution in [0.15, 0.2) is 51.7 Å². The Bertz CT molecular complexity index is 979. The Morgan fingerprint density at radius 1 is 1.09 bits per heavy atom. The molecule has 0 bridgehead atoms. The molecule has 0 unspecified atom stereocenters. The van der Waals surface area contributed by atoms with E-state index >= 15 is 0 Å². The molecule has 23 heavy (non-hydrogen) atoms. The second-order valence-electron chi connectivity index (χ2n) is 5.05. The Hall–Kier alpha value is -3.02. The lowest BCUT2D eigenvalue weighted by Gasteiger charge is -2.06. The van der Waals surface area contributed by atoms with Crippen LogP contribution < -0.4 is 10.9 Å². The first-order chi connectivity index (χ1) is 10.9. The molecular formula is C17H11F2NO3. The van der Waals surface area contributed by atoms with E-state index in [0.717, 1.165) is 12.1 Å². The molecular weight excluding hydrogens is 304 g/mol. The molecule has 4 nitrogen and oxygen atoms in total. The number of halogens is 2. The molecule has 0 fully saturated rings. The van der Waals surface area contributed by atoms with Gasteiger partial charge in [0.05, 0.1) is 5.39 Å². The molecule has 0 radical (unpaired) electrons. The van der Waals surface area contributed by atoms with Gasteiger partial charge in [0.15, 0.2) is 5.76 Å². The van der Waals surface area contributed by atoms with Crippen LogP contribution in [0.1, 0.15) is 16.1 Å². The quantitative estimate of drug-likeness (QED) is 0.785. The molecule has 1 aromatic heterocycles. The van der Waals surface area contributed by atoms with Gasteiger partial charge >= 0.3 is 5.63 Å². The highest BCUT2D eigenvalue weighted by Crippen LogP contribution is 2.17. The van der Waals surface area contributed by atoms with Gasteiger partial charge in [0.1, 0.15) is 11.6 Å². The number of aryl methyl sites for hydroxylation is 1. The first-order valence-corrected chi connectivity index (χ1v) is 6.75. The van der Waals surface area contributed by atoms with Gasteiger partial charge in [-0.25, -0.2) is 13.6 Å². The minimum atomic E-state index is -0.733. The summed E-state index contributed by atoms with van der Waals surface area (Å²) in [5.74, 6) is -1.85. The number of hydrogen-bond donors (Lipinski definition) is 1. The molecule has 0 saturated heterocycles. The zero-order valence-electron chi connectivity index (χ0n) is 12.0. The van der Waals surface area contributed by atoms with Crippen LogP contribution >= 0.6 is 0 Å². The SMILES string of the molecule is Cc1cc(NC(=O)c2cc3cc(F)ccc3c(=O)o2)ccc1F. The maximum atomic E-state index is 13.3. The lowest BCUT2D eigenvalue weighted by molar-refractivity contribution is 0.0993. The van der Waals surface area contributed by atoms with Crippen LogP contribution in [0.2, 0.25) is 0 Å². The van der Waals surface area contributed by atoms with Gasteiger partial charge in [0, 0.05) is 5.69 Å². The van der Waals surface area contributed by atoms with Crippen molar-refractivity contribution in [3.8, 4) is 0 Å². The molecule has 3 rings (SSSR count). The summed E-state index contributed by atoms with van der Waals surface area (Å²) in [5.41, 5.74) is -0.0105. The molecule has 0 saturated carbocycles. The first kappa shape index (κ1) is 14.9. The fourth-order valence-corrected chi connectivity index (χ4v) is 2.19. The molecule has 0 spiro atoms. The minimum Gasteiger partial charge on any atom is -0.417 e. The van der Waals surface area contributed by atoms with Gasteiger partial charge in [0.2, 0.25) is 0 Å². The molecule has 0 aliphatic rings. The van der Waals surface area contributed by atoms with E-state index in [4.69, 9.17) is 4.42 Å². The van der Waals surface area contributed by atoms with Crippen molar-refractivity contribution in [2.75, 3.05) is 5.32 Å². The van der Waals surface area contributed by atoms with E-state index in [2.05, 4.69) is 5.32 Å². The van der Waals surface area contributed by atoms with Crippen molar-refractivity contribution in [3.05, 3.63) is 75.8 Å². The third-order valence-electron chi connectivity index (χ3n) is 3.36. The van der Waals surface area contributed by atoms with Crippen molar-refractivity contribution < 1.29 is 18.0 Å². The zero-order valence-corrected chi connectivity index (χ0v) is 12.0.